The largest absolute Gasteiger partial charge is 0.458 e. The summed E-state index contributed by atoms with van der Waals surface area (Å²) in [6.45, 7) is 18.9. The maximum Gasteiger partial charge on any atom is 0.320 e. The van der Waals surface area contributed by atoms with Gasteiger partial charge in [0.2, 0.25) is 0 Å². The van der Waals surface area contributed by atoms with Gasteiger partial charge in [0.05, 0.1) is 18.8 Å². The highest BCUT2D eigenvalue weighted by Gasteiger charge is 2.72. The number of rotatable bonds is 5. The van der Waals surface area contributed by atoms with Crippen LogP contribution < -0.4 is 5.32 Å². The van der Waals surface area contributed by atoms with Crippen LogP contribution in [0.25, 0.3) is 0 Å². The average molecular weight is 505 g/mol. The number of carbonyl (C=O) groups excluding carboxylic acids is 2. The number of nitrogens with one attached hydrogen (secondary N) is 1. The minimum atomic E-state index is -0.997. The Morgan fingerprint density at radius 3 is 2.58 bits per heavy atom. The molecule has 3 N–H and O–H groups in total. The summed E-state index contributed by atoms with van der Waals surface area (Å²) in [5.41, 5.74) is -3.10. The van der Waals surface area contributed by atoms with Gasteiger partial charge in [0.1, 0.15) is 11.4 Å². The molecule has 9 atom stereocenters. The number of ketones is 1. The number of hydrogen-bond acceptors (Lipinski definition) is 7. The third kappa shape index (κ3) is 4.00. The molecule has 3 aliphatic carbocycles. The summed E-state index contributed by atoms with van der Waals surface area (Å²) in [7, 11) is 0. The molecule has 3 saturated carbocycles. The Morgan fingerprint density at radius 1 is 1.25 bits per heavy atom. The van der Waals surface area contributed by atoms with E-state index < -0.39 is 40.0 Å². The summed E-state index contributed by atoms with van der Waals surface area (Å²) in [6, 6.07) is 0.257. The number of aliphatic hydroxyl groups is 2. The quantitative estimate of drug-likeness (QED) is 0.391. The minimum absolute atomic E-state index is 0.127. The first-order valence-electron chi connectivity index (χ1n) is 13.9. The van der Waals surface area contributed by atoms with Crippen LogP contribution in [0.5, 0.6) is 0 Å². The first-order valence-corrected chi connectivity index (χ1v) is 13.9. The highest BCUT2D eigenvalue weighted by molar-refractivity contribution is 5.86. The fourth-order valence-corrected chi connectivity index (χ4v) is 8.55. The number of aliphatic hydroxyl groups excluding tert-OH is 2. The van der Waals surface area contributed by atoms with E-state index in [0.29, 0.717) is 31.6 Å². The van der Waals surface area contributed by atoms with Crippen LogP contribution in [-0.2, 0) is 14.3 Å². The molecule has 1 aliphatic heterocycles. The second-order valence-corrected chi connectivity index (χ2v) is 13.3. The second kappa shape index (κ2) is 9.48. The van der Waals surface area contributed by atoms with Crippen LogP contribution in [0.15, 0.2) is 12.7 Å². The lowest BCUT2D eigenvalue weighted by molar-refractivity contribution is -0.253. The van der Waals surface area contributed by atoms with E-state index in [9.17, 15) is 19.8 Å². The highest BCUT2D eigenvalue weighted by atomic mass is 16.6. The molecule has 0 aromatic rings. The fourth-order valence-electron chi connectivity index (χ4n) is 8.55. The van der Waals surface area contributed by atoms with Crippen LogP contribution in [0, 0.1) is 34.0 Å². The second-order valence-electron chi connectivity index (χ2n) is 13.3. The van der Waals surface area contributed by atoms with Crippen LogP contribution in [-0.4, -0.2) is 76.9 Å². The molecule has 36 heavy (non-hydrogen) atoms. The van der Waals surface area contributed by atoms with E-state index >= 15 is 0 Å². The summed E-state index contributed by atoms with van der Waals surface area (Å²) in [6.07, 6.45) is 2.75. The maximum absolute atomic E-state index is 13.6. The van der Waals surface area contributed by atoms with Gasteiger partial charge in [-0.05, 0) is 49.9 Å². The molecule has 0 radical (unpaired) electrons. The summed E-state index contributed by atoms with van der Waals surface area (Å²) in [5.74, 6) is -0.369. The molecule has 4 aliphatic rings. The van der Waals surface area contributed by atoms with E-state index in [1.54, 1.807) is 6.08 Å². The van der Waals surface area contributed by atoms with E-state index in [4.69, 9.17) is 4.74 Å². The summed E-state index contributed by atoms with van der Waals surface area (Å²) >= 11 is 0. The van der Waals surface area contributed by atoms with Gasteiger partial charge in [-0.15, -0.1) is 6.58 Å². The van der Waals surface area contributed by atoms with E-state index in [-0.39, 0.29) is 36.7 Å². The van der Waals surface area contributed by atoms with Gasteiger partial charge in [-0.3, -0.25) is 14.5 Å². The Balaban J connectivity index is 1.69. The number of Topliss-reactive ketones (excluding diaryl/α,β-unsaturated/α-hetero) is 1. The lowest BCUT2D eigenvalue weighted by Gasteiger charge is -2.64. The van der Waals surface area contributed by atoms with Crippen LogP contribution in [0.1, 0.15) is 73.6 Å². The molecule has 4 rings (SSSR count). The van der Waals surface area contributed by atoms with E-state index in [1.807, 2.05) is 20.8 Å². The van der Waals surface area contributed by atoms with Crippen molar-refractivity contribution in [3.8, 4) is 0 Å². The molecular weight excluding hydrogens is 456 g/mol. The molecule has 0 aromatic carbocycles. The highest BCUT2D eigenvalue weighted by Crippen LogP contribution is 2.69. The van der Waals surface area contributed by atoms with Crippen molar-refractivity contribution < 1.29 is 24.5 Å². The van der Waals surface area contributed by atoms with Crippen molar-refractivity contribution in [3.63, 3.8) is 0 Å². The Hall–Kier alpha value is -1.28. The number of piperazine rings is 1. The number of ether oxygens (including phenoxy) is 1. The number of esters is 1. The number of nitrogens with zero attached hydrogens (tertiary/aromatic N) is 1. The Morgan fingerprint density at radius 2 is 1.94 bits per heavy atom. The zero-order valence-corrected chi connectivity index (χ0v) is 23.2. The van der Waals surface area contributed by atoms with Crippen molar-refractivity contribution in [2.45, 2.75) is 97.5 Å². The number of carbonyl (C=O) groups is 2. The molecule has 0 amide bonds. The van der Waals surface area contributed by atoms with Crippen LogP contribution in [0.2, 0.25) is 0 Å². The first-order chi connectivity index (χ1) is 16.8. The molecule has 4 fully saturated rings. The lowest BCUT2D eigenvalue weighted by atomic mass is 9.42. The molecular formula is C29H48N2O5. The fraction of sp³-hybridized carbons (Fsp3) is 0.862. The Kier molecular flexibility index (Phi) is 7.30. The van der Waals surface area contributed by atoms with Gasteiger partial charge in [0, 0.05) is 48.8 Å². The van der Waals surface area contributed by atoms with E-state index in [0.717, 1.165) is 19.6 Å². The van der Waals surface area contributed by atoms with E-state index in [1.165, 1.54) is 0 Å². The van der Waals surface area contributed by atoms with Crippen LogP contribution >= 0.6 is 0 Å². The summed E-state index contributed by atoms with van der Waals surface area (Å²) in [5, 5.41) is 26.8. The van der Waals surface area contributed by atoms with Crippen molar-refractivity contribution >= 4 is 11.8 Å². The van der Waals surface area contributed by atoms with Crippen molar-refractivity contribution in [1.82, 2.24) is 10.2 Å². The van der Waals surface area contributed by atoms with E-state index in [2.05, 4.69) is 37.6 Å². The van der Waals surface area contributed by atoms with Crippen molar-refractivity contribution in [2.75, 3.05) is 26.2 Å². The Labute approximate surface area is 217 Å². The molecule has 1 saturated heterocycles. The summed E-state index contributed by atoms with van der Waals surface area (Å²) in [4.78, 5) is 29.2. The normalized spacial score (nSPS) is 47.7. The zero-order valence-electron chi connectivity index (χ0n) is 23.2. The van der Waals surface area contributed by atoms with Gasteiger partial charge in [-0.25, -0.2) is 0 Å². The molecule has 7 heteroatoms. The third-order valence-electron chi connectivity index (χ3n) is 11.2. The molecule has 1 heterocycles. The van der Waals surface area contributed by atoms with Crippen molar-refractivity contribution in [1.29, 1.82) is 0 Å². The topological polar surface area (TPSA) is 99.1 Å². The molecule has 2 bridgehead atoms. The smallest absolute Gasteiger partial charge is 0.320 e. The van der Waals surface area contributed by atoms with Gasteiger partial charge in [0.25, 0.3) is 0 Å². The standard InChI is InChI=1S/C29H48N2O5/c1-8-26(5)15-22(33)28(7)24-21(32)9-10-29(24,19(4)25(26)35)12-11-27(28,6)36-23(34)17-31-14-13-30-16-20(31)18(2)3/h8,18-20,22,24-25,30,33,35H,1,9-17H2,2-7H3/t19?,20-,22?,24?,25?,26?,27?,28?,29?/m1/s1. The molecule has 0 aromatic heterocycles. The predicted molar refractivity (Wildman–Crippen MR) is 139 cm³/mol. The zero-order chi connectivity index (χ0) is 26.7. The minimum Gasteiger partial charge on any atom is -0.458 e. The SMILES string of the molecule is C=CC1(C)CC(O)C2(C)C3C(=O)CCC3(CCC2(C)OC(=O)CN2CCNC[C@@H]2C(C)C)C(C)C1O. The average Bonchev–Trinajstić information content (AvgIpc) is 3.18. The maximum atomic E-state index is 13.6. The van der Waals surface area contributed by atoms with Gasteiger partial charge in [0.15, 0.2) is 0 Å². The van der Waals surface area contributed by atoms with Gasteiger partial charge >= 0.3 is 5.97 Å². The first kappa shape index (κ1) is 27.7. The molecule has 8 unspecified atom stereocenters. The monoisotopic (exact) mass is 504 g/mol. The molecule has 204 valence electrons. The van der Waals surface area contributed by atoms with Crippen LogP contribution in [0.4, 0.5) is 0 Å². The van der Waals surface area contributed by atoms with Crippen molar-refractivity contribution in [2.24, 2.45) is 34.0 Å². The van der Waals surface area contributed by atoms with Gasteiger partial charge < -0.3 is 20.3 Å². The third-order valence-corrected chi connectivity index (χ3v) is 11.2. The molecule has 0 spiro atoms. The lowest BCUT2D eigenvalue weighted by Crippen LogP contribution is -2.69. The molecule has 7 nitrogen and oxygen atoms in total. The summed E-state index contributed by atoms with van der Waals surface area (Å²) < 4.78 is 6.38. The predicted octanol–water partition coefficient (Wildman–Crippen LogP) is 2.94. The number of hydrogen-bond donors (Lipinski definition) is 3. The van der Waals surface area contributed by atoms with Gasteiger partial charge in [-0.1, -0.05) is 40.7 Å². The Bertz CT molecular complexity index is 893. The van der Waals surface area contributed by atoms with Crippen LogP contribution in [0.3, 0.4) is 0 Å². The van der Waals surface area contributed by atoms with Gasteiger partial charge in [-0.2, -0.15) is 0 Å². The van der Waals surface area contributed by atoms with Crippen molar-refractivity contribution in [3.05, 3.63) is 12.7 Å².